The largest absolute Gasteiger partial charge is 0.378 e. The minimum Gasteiger partial charge on any atom is -0.378 e. The number of nitrogens with zero attached hydrogens (tertiary/aromatic N) is 3. The molecule has 148 valence electrons. The van der Waals surface area contributed by atoms with E-state index in [0.717, 1.165) is 57.2 Å². The van der Waals surface area contributed by atoms with Crippen LogP contribution >= 0.6 is 0 Å². The Morgan fingerprint density at radius 3 is 2.52 bits per heavy atom. The molecule has 1 saturated carbocycles. The highest BCUT2D eigenvalue weighted by Gasteiger charge is 2.35. The van der Waals surface area contributed by atoms with Crippen LogP contribution in [0.25, 0.3) is 0 Å². The lowest BCUT2D eigenvalue weighted by Gasteiger charge is -2.30. The molecule has 3 fully saturated rings. The molecule has 5 heteroatoms. The number of nitrogens with one attached hydrogen (secondary N) is 1. The summed E-state index contributed by atoms with van der Waals surface area (Å²) in [5.74, 6) is 2.86. The number of guanidine groups is 1. The van der Waals surface area contributed by atoms with Crippen molar-refractivity contribution in [2.45, 2.75) is 39.2 Å². The van der Waals surface area contributed by atoms with Gasteiger partial charge in [-0.05, 0) is 43.2 Å². The zero-order valence-corrected chi connectivity index (χ0v) is 16.7. The Labute approximate surface area is 163 Å². The first-order valence-electron chi connectivity index (χ1n) is 10.8. The quantitative estimate of drug-likeness (QED) is 0.653. The van der Waals surface area contributed by atoms with Gasteiger partial charge in [0.15, 0.2) is 5.96 Å². The van der Waals surface area contributed by atoms with Gasteiger partial charge in [0.05, 0.1) is 19.8 Å². The van der Waals surface area contributed by atoms with Gasteiger partial charge in [0.1, 0.15) is 0 Å². The number of morpholine rings is 1. The number of anilines is 1. The summed E-state index contributed by atoms with van der Waals surface area (Å²) >= 11 is 0. The predicted octanol–water partition coefficient (Wildman–Crippen LogP) is 3.11. The van der Waals surface area contributed by atoms with E-state index in [-0.39, 0.29) is 0 Å². The van der Waals surface area contributed by atoms with E-state index in [0.29, 0.717) is 0 Å². The molecular weight excluding hydrogens is 336 g/mol. The summed E-state index contributed by atoms with van der Waals surface area (Å²) in [5.41, 5.74) is 2.63. The number of para-hydroxylation sites is 1. The van der Waals surface area contributed by atoms with Crippen molar-refractivity contribution < 1.29 is 4.74 Å². The third kappa shape index (κ3) is 4.40. The van der Waals surface area contributed by atoms with Crippen molar-refractivity contribution in [3.05, 3.63) is 29.8 Å². The smallest absolute Gasteiger partial charge is 0.194 e. The Balaban J connectivity index is 1.48. The molecule has 1 N–H and O–H groups in total. The number of likely N-dealkylation sites (tertiary alicyclic amines) is 1. The van der Waals surface area contributed by atoms with Gasteiger partial charge in [-0.2, -0.15) is 0 Å². The summed E-state index contributed by atoms with van der Waals surface area (Å²) in [7, 11) is 0. The van der Waals surface area contributed by atoms with E-state index in [2.05, 4.69) is 46.3 Å². The number of hydrogen-bond donors (Lipinski definition) is 1. The fourth-order valence-electron chi connectivity index (χ4n) is 4.92. The number of aliphatic imine (C=N–C) groups is 1. The Hall–Kier alpha value is -1.75. The second-order valence-corrected chi connectivity index (χ2v) is 8.11. The van der Waals surface area contributed by atoms with Crippen LogP contribution in [0.5, 0.6) is 0 Å². The molecule has 2 unspecified atom stereocenters. The molecule has 2 aliphatic heterocycles. The molecule has 2 saturated heterocycles. The molecule has 0 bridgehead atoms. The van der Waals surface area contributed by atoms with Crippen molar-refractivity contribution in [2.24, 2.45) is 16.8 Å². The van der Waals surface area contributed by atoms with Crippen LogP contribution < -0.4 is 10.2 Å². The minimum absolute atomic E-state index is 0.738. The molecule has 1 aromatic rings. The van der Waals surface area contributed by atoms with Crippen molar-refractivity contribution >= 4 is 11.6 Å². The third-order valence-corrected chi connectivity index (χ3v) is 6.35. The Morgan fingerprint density at radius 2 is 1.81 bits per heavy atom. The summed E-state index contributed by atoms with van der Waals surface area (Å²) < 4.78 is 5.52. The SMILES string of the molecule is CCNC(=NCc1ccccc1N1CCOCC1)N1CC2CCCCC2C1. The standard InChI is InChI=1S/C22H34N4O/c1-2-23-22(26-16-19-8-3-4-9-20(19)17-26)24-15-18-7-5-6-10-21(18)25-11-13-27-14-12-25/h5-7,10,19-20H,2-4,8-9,11-17H2,1H3,(H,23,24). The van der Waals surface area contributed by atoms with Crippen molar-refractivity contribution in [3.63, 3.8) is 0 Å². The van der Waals surface area contributed by atoms with E-state index in [1.807, 2.05) is 0 Å². The molecule has 2 atom stereocenters. The van der Waals surface area contributed by atoms with Gasteiger partial charge in [0.25, 0.3) is 0 Å². The van der Waals surface area contributed by atoms with Gasteiger partial charge in [0.2, 0.25) is 0 Å². The molecule has 27 heavy (non-hydrogen) atoms. The highest BCUT2D eigenvalue weighted by Crippen LogP contribution is 2.36. The van der Waals surface area contributed by atoms with Crippen molar-refractivity contribution in [3.8, 4) is 0 Å². The van der Waals surface area contributed by atoms with Gasteiger partial charge in [-0.15, -0.1) is 0 Å². The molecule has 1 aromatic carbocycles. The third-order valence-electron chi connectivity index (χ3n) is 6.35. The van der Waals surface area contributed by atoms with Gasteiger partial charge in [-0.1, -0.05) is 31.0 Å². The lowest BCUT2D eigenvalue weighted by Crippen LogP contribution is -2.40. The van der Waals surface area contributed by atoms with Gasteiger partial charge in [-0.25, -0.2) is 4.99 Å². The van der Waals surface area contributed by atoms with Crippen LogP contribution in [0.4, 0.5) is 5.69 Å². The molecule has 4 rings (SSSR count). The maximum absolute atomic E-state index is 5.52. The molecule has 0 amide bonds. The number of ether oxygens (including phenoxy) is 1. The summed E-state index contributed by atoms with van der Waals surface area (Å²) in [6.45, 7) is 9.77. The van der Waals surface area contributed by atoms with Crippen molar-refractivity contribution in [1.29, 1.82) is 0 Å². The fraction of sp³-hybridized carbons (Fsp3) is 0.682. The van der Waals surface area contributed by atoms with E-state index in [1.165, 1.54) is 50.0 Å². The van der Waals surface area contributed by atoms with Crippen LogP contribution in [0.3, 0.4) is 0 Å². The molecule has 0 radical (unpaired) electrons. The van der Waals surface area contributed by atoms with E-state index >= 15 is 0 Å². The van der Waals surface area contributed by atoms with E-state index in [9.17, 15) is 0 Å². The Morgan fingerprint density at radius 1 is 1.11 bits per heavy atom. The van der Waals surface area contributed by atoms with Crippen molar-refractivity contribution in [2.75, 3.05) is 50.8 Å². The lowest BCUT2D eigenvalue weighted by molar-refractivity contribution is 0.122. The number of hydrogen-bond acceptors (Lipinski definition) is 3. The fourth-order valence-corrected chi connectivity index (χ4v) is 4.92. The first-order valence-corrected chi connectivity index (χ1v) is 10.8. The second-order valence-electron chi connectivity index (χ2n) is 8.11. The normalized spacial score (nSPS) is 26.2. The highest BCUT2D eigenvalue weighted by atomic mass is 16.5. The highest BCUT2D eigenvalue weighted by molar-refractivity contribution is 5.80. The van der Waals surface area contributed by atoms with Gasteiger partial charge in [-0.3, -0.25) is 0 Å². The molecule has 0 spiro atoms. The summed E-state index contributed by atoms with van der Waals surface area (Å²) in [6.07, 6.45) is 5.63. The molecule has 5 nitrogen and oxygen atoms in total. The number of rotatable bonds is 4. The topological polar surface area (TPSA) is 40.1 Å². The Bertz CT molecular complexity index is 627. The first-order chi connectivity index (χ1) is 13.3. The zero-order chi connectivity index (χ0) is 18.5. The number of benzene rings is 1. The van der Waals surface area contributed by atoms with Crippen molar-refractivity contribution in [1.82, 2.24) is 10.2 Å². The van der Waals surface area contributed by atoms with Crippen LogP contribution in [0, 0.1) is 11.8 Å². The van der Waals surface area contributed by atoms with E-state index in [1.54, 1.807) is 0 Å². The average molecular weight is 371 g/mol. The summed E-state index contributed by atoms with van der Waals surface area (Å²) in [6, 6.07) is 8.72. The number of fused-ring (bicyclic) bond motifs is 1. The maximum Gasteiger partial charge on any atom is 0.194 e. The summed E-state index contributed by atoms with van der Waals surface area (Å²) in [4.78, 5) is 10.0. The predicted molar refractivity (Wildman–Crippen MR) is 111 cm³/mol. The lowest BCUT2D eigenvalue weighted by atomic mass is 9.82. The average Bonchev–Trinajstić information content (AvgIpc) is 3.16. The monoisotopic (exact) mass is 370 g/mol. The summed E-state index contributed by atoms with van der Waals surface area (Å²) in [5, 5.41) is 3.55. The maximum atomic E-state index is 5.52. The molecular formula is C22H34N4O. The molecule has 3 aliphatic rings. The van der Waals surface area contributed by atoms with Crippen LogP contribution in [-0.2, 0) is 11.3 Å². The van der Waals surface area contributed by atoms with Gasteiger partial charge >= 0.3 is 0 Å². The molecule has 0 aromatic heterocycles. The van der Waals surface area contributed by atoms with Crippen LogP contribution in [0.2, 0.25) is 0 Å². The molecule has 2 heterocycles. The van der Waals surface area contributed by atoms with Crippen LogP contribution in [0.15, 0.2) is 29.3 Å². The van der Waals surface area contributed by atoms with Crippen LogP contribution in [0.1, 0.15) is 38.2 Å². The van der Waals surface area contributed by atoms with E-state index < -0.39 is 0 Å². The second kappa shape index (κ2) is 8.96. The van der Waals surface area contributed by atoms with Gasteiger partial charge in [0, 0.05) is 38.4 Å². The first kappa shape index (κ1) is 18.6. The minimum atomic E-state index is 0.738. The Kier molecular flexibility index (Phi) is 6.17. The molecule has 1 aliphatic carbocycles. The van der Waals surface area contributed by atoms with E-state index in [4.69, 9.17) is 9.73 Å². The van der Waals surface area contributed by atoms with Gasteiger partial charge < -0.3 is 19.9 Å². The zero-order valence-electron chi connectivity index (χ0n) is 16.7. The van der Waals surface area contributed by atoms with Crippen LogP contribution in [-0.4, -0.2) is 56.8 Å².